The molecule has 3 rings (SSSR count). The van der Waals surface area contributed by atoms with Gasteiger partial charge in [0.25, 0.3) is 0 Å². The smallest absolute Gasteiger partial charge is 0.348 e. The topological polar surface area (TPSA) is 90.5 Å². The molecular weight excluding hydrogens is 382 g/mol. The molecule has 0 unspecified atom stereocenters. The van der Waals surface area contributed by atoms with Crippen LogP contribution in [0.2, 0.25) is 0 Å². The van der Waals surface area contributed by atoms with Crippen LogP contribution in [-0.2, 0) is 0 Å². The van der Waals surface area contributed by atoms with Gasteiger partial charge in [-0.15, -0.1) is 0 Å². The van der Waals surface area contributed by atoms with Gasteiger partial charge in [-0.2, -0.15) is 11.8 Å². The molecule has 2 heterocycles. The molecule has 8 heteroatoms. The zero-order valence-electron chi connectivity index (χ0n) is 16.3. The lowest BCUT2D eigenvalue weighted by molar-refractivity contribution is 0.347. The highest BCUT2D eigenvalue weighted by atomic mass is 32.2. The van der Waals surface area contributed by atoms with Crippen LogP contribution in [0.1, 0.15) is 28.6 Å². The number of nitrogens with zero attached hydrogens (tertiary/aromatic N) is 1. The average molecular weight is 405 g/mol. The highest BCUT2D eigenvalue weighted by Gasteiger charge is 2.27. The van der Waals surface area contributed by atoms with Crippen molar-refractivity contribution in [2.24, 2.45) is 4.99 Å². The normalized spacial score (nSPS) is 16.9. The van der Waals surface area contributed by atoms with Gasteiger partial charge in [0.05, 0.1) is 27.0 Å². The Bertz CT molecular complexity index is 952. The first-order chi connectivity index (χ1) is 13.5. The molecule has 1 aromatic heterocycles. The van der Waals surface area contributed by atoms with E-state index in [1.54, 1.807) is 46.1 Å². The first-order valence-corrected chi connectivity index (χ1v) is 9.82. The Morgan fingerprint density at radius 1 is 1.11 bits per heavy atom. The van der Waals surface area contributed by atoms with Crippen molar-refractivity contribution in [2.75, 3.05) is 33.6 Å². The lowest BCUT2D eigenvalue weighted by atomic mass is 10.0. The predicted molar refractivity (Wildman–Crippen MR) is 109 cm³/mol. The van der Waals surface area contributed by atoms with Crippen LogP contribution < -0.4 is 19.8 Å². The maximum atomic E-state index is 12.3. The minimum Gasteiger partial charge on any atom is -0.507 e. The summed E-state index contributed by atoms with van der Waals surface area (Å²) in [6.45, 7) is 2.16. The van der Waals surface area contributed by atoms with Crippen LogP contribution in [0.3, 0.4) is 0 Å². The second-order valence-electron chi connectivity index (χ2n) is 6.25. The molecule has 1 atom stereocenters. The number of methoxy groups -OCH3 is 3. The number of aromatic hydroxyl groups is 1. The molecule has 28 heavy (non-hydrogen) atoms. The van der Waals surface area contributed by atoms with Gasteiger partial charge in [-0.05, 0) is 13.0 Å². The monoisotopic (exact) mass is 405 g/mol. The molecule has 0 bridgehead atoms. The molecule has 0 saturated heterocycles. The van der Waals surface area contributed by atoms with E-state index < -0.39 is 5.63 Å². The highest BCUT2D eigenvalue weighted by molar-refractivity contribution is 7.99. The van der Waals surface area contributed by atoms with E-state index >= 15 is 0 Å². The zero-order valence-corrected chi connectivity index (χ0v) is 17.1. The van der Waals surface area contributed by atoms with E-state index in [1.165, 1.54) is 6.07 Å². The van der Waals surface area contributed by atoms with E-state index in [4.69, 9.17) is 18.6 Å². The van der Waals surface area contributed by atoms with E-state index in [-0.39, 0.29) is 16.6 Å². The molecule has 1 aliphatic heterocycles. The number of hydrogen-bond acceptors (Lipinski definition) is 8. The second kappa shape index (κ2) is 8.60. The summed E-state index contributed by atoms with van der Waals surface area (Å²) < 4.78 is 21.5. The molecule has 1 aliphatic rings. The number of aryl methyl sites for hydroxylation is 1. The fourth-order valence-corrected chi connectivity index (χ4v) is 4.34. The van der Waals surface area contributed by atoms with Crippen molar-refractivity contribution in [1.29, 1.82) is 0 Å². The molecule has 1 N–H and O–H groups in total. The average Bonchev–Trinajstić information content (AvgIpc) is 2.92. The molecule has 7 nitrogen and oxygen atoms in total. The lowest BCUT2D eigenvalue weighted by Crippen LogP contribution is -2.17. The summed E-state index contributed by atoms with van der Waals surface area (Å²) in [7, 11) is 4.75. The SMILES string of the molecule is COc1cc(OC)c([C@H]2CC(c3c(O)cc(C)oc3=O)=NCCS2)cc1OC. The van der Waals surface area contributed by atoms with Crippen molar-refractivity contribution in [3.63, 3.8) is 0 Å². The molecule has 0 spiro atoms. The predicted octanol–water partition coefficient (Wildman–Crippen LogP) is 3.35. The summed E-state index contributed by atoms with van der Waals surface area (Å²) in [4.78, 5) is 16.9. The third-order valence-corrected chi connectivity index (χ3v) is 5.76. The molecule has 0 radical (unpaired) electrons. The van der Waals surface area contributed by atoms with Crippen LogP contribution in [0.25, 0.3) is 0 Å². The molecule has 0 aliphatic carbocycles. The molecule has 150 valence electrons. The number of thioether (sulfide) groups is 1. The van der Waals surface area contributed by atoms with E-state index in [0.717, 1.165) is 11.3 Å². The Morgan fingerprint density at radius 2 is 1.79 bits per heavy atom. The second-order valence-corrected chi connectivity index (χ2v) is 7.56. The van der Waals surface area contributed by atoms with Crippen molar-refractivity contribution < 1.29 is 23.7 Å². The maximum Gasteiger partial charge on any atom is 0.348 e. The number of ether oxygens (including phenoxy) is 3. The Balaban J connectivity index is 2.03. The van der Waals surface area contributed by atoms with Crippen molar-refractivity contribution in [1.82, 2.24) is 0 Å². The van der Waals surface area contributed by atoms with Crippen molar-refractivity contribution in [3.8, 4) is 23.0 Å². The molecular formula is C20H23NO6S. The minimum atomic E-state index is -0.582. The van der Waals surface area contributed by atoms with Gasteiger partial charge >= 0.3 is 5.63 Å². The van der Waals surface area contributed by atoms with Gasteiger partial charge in [0.1, 0.15) is 22.8 Å². The van der Waals surface area contributed by atoms with Gasteiger partial charge in [0, 0.05) is 41.7 Å². The van der Waals surface area contributed by atoms with E-state index in [2.05, 4.69) is 4.99 Å². The molecule has 0 saturated carbocycles. The number of benzene rings is 1. The molecule has 0 fully saturated rings. The van der Waals surface area contributed by atoms with Gasteiger partial charge < -0.3 is 23.7 Å². The van der Waals surface area contributed by atoms with Crippen LogP contribution in [0.5, 0.6) is 23.0 Å². The Kier molecular flexibility index (Phi) is 6.18. The van der Waals surface area contributed by atoms with E-state index in [1.807, 2.05) is 6.07 Å². The Labute approximate surface area is 167 Å². The van der Waals surface area contributed by atoms with Crippen LogP contribution in [0.15, 0.2) is 32.4 Å². The van der Waals surface area contributed by atoms with Gasteiger partial charge in [-0.25, -0.2) is 4.79 Å². The number of aliphatic imine (C=N–C) groups is 1. The van der Waals surface area contributed by atoms with E-state index in [9.17, 15) is 9.90 Å². The quantitative estimate of drug-likeness (QED) is 0.816. The van der Waals surface area contributed by atoms with Crippen LogP contribution >= 0.6 is 11.8 Å². The Morgan fingerprint density at radius 3 is 2.43 bits per heavy atom. The Hall–Kier alpha value is -2.61. The van der Waals surface area contributed by atoms with Crippen LogP contribution in [0, 0.1) is 6.92 Å². The standard InChI is InChI=1S/C20H23NO6S/c1-11-7-14(22)19(20(23)27-11)13-9-18(28-6-5-21-13)12-8-16(25-3)17(26-4)10-15(12)24-2/h7-8,10,18,22H,5-6,9H2,1-4H3/t18-/m1/s1. The van der Waals surface area contributed by atoms with Crippen molar-refractivity contribution >= 4 is 17.5 Å². The summed E-state index contributed by atoms with van der Waals surface area (Å²) in [5.74, 6) is 2.84. The molecule has 1 aromatic carbocycles. The van der Waals surface area contributed by atoms with Crippen LogP contribution in [-0.4, -0.2) is 44.4 Å². The van der Waals surface area contributed by atoms with Crippen LogP contribution in [0.4, 0.5) is 0 Å². The van der Waals surface area contributed by atoms with Gasteiger partial charge in [-0.1, -0.05) is 0 Å². The number of hydrogen-bond donors (Lipinski definition) is 1. The van der Waals surface area contributed by atoms with Gasteiger partial charge in [-0.3, -0.25) is 4.99 Å². The molecule has 2 aromatic rings. The van der Waals surface area contributed by atoms with E-state index in [0.29, 0.717) is 41.7 Å². The van der Waals surface area contributed by atoms with Gasteiger partial charge in [0.15, 0.2) is 11.5 Å². The first kappa shape index (κ1) is 20.1. The summed E-state index contributed by atoms with van der Waals surface area (Å²) in [5, 5.41) is 10.3. The molecule has 0 amide bonds. The summed E-state index contributed by atoms with van der Waals surface area (Å²) in [5.41, 5.74) is 0.979. The third-order valence-electron chi connectivity index (χ3n) is 4.52. The van der Waals surface area contributed by atoms with Crippen molar-refractivity contribution in [3.05, 3.63) is 45.5 Å². The summed E-state index contributed by atoms with van der Waals surface area (Å²) in [6, 6.07) is 5.10. The minimum absolute atomic E-state index is 0.0453. The maximum absolute atomic E-state index is 12.3. The third kappa shape index (κ3) is 3.96. The zero-order chi connectivity index (χ0) is 20.3. The first-order valence-electron chi connectivity index (χ1n) is 8.77. The van der Waals surface area contributed by atoms with Gasteiger partial charge in [0.2, 0.25) is 0 Å². The summed E-state index contributed by atoms with van der Waals surface area (Å²) in [6.07, 6.45) is 0.442. The fraction of sp³-hybridized carbons (Fsp3) is 0.400. The van der Waals surface area contributed by atoms with Crippen molar-refractivity contribution in [2.45, 2.75) is 18.6 Å². The summed E-state index contributed by atoms with van der Waals surface area (Å²) >= 11 is 1.71. The lowest BCUT2D eigenvalue weighted by Gasteiger charge is -2.20. The highest BCUT2D eigenvalue weighted by Crippen LogP contribution is 2.44. The largest absolute Gasteiger partial charge is 0.507 e. The number of rotatable bonds is 5. The fourth-order valence-electron chi connectivity index (χ4n) is 3.22.